The van der Waals surface area contributed by atoms with Gasteiger partial charge in [0.15, 0.2) is 0 Å². The summed E-state index contributed by atoms with van der Waals surface area (Å²) in [4.78, 5) is 8.19. The predicted octanol–water partition coefficient (Wildman–Crippen LogP) is 4.00. The van der Waals surface area contributed by atoms with Crippen LogP contribution in [0.2, 0.25) is 0 Å². The highest BCUT2D eigenvalue weighted by Crippen LogP contribution is 2.20. The first-order chi connectivity index (χ1) is 8.79. The quantitative estimate of drug-likeness (QED) is 0.636. The van der Waals surface area contributed by atoms with E-state index in [9.17, 15) is 0 Å². The lowest BCUT2D eigenvalue weighted by molar-refractivity contribution is 0.929. The average molecular weight is 374 g/mol. The molecule has 94 valence electrons. The summed E-state index contributed by atoms with van der Waals surface area (Å²) in [5.41, 5.74) is 2.32. The Kier molecular flexibility index (Phi) is 5.19. The number of nitrogens with one attached hydrogen (secondary N) is 1. The molecular formula is C13H13ClIN3. The fraction of sp³-hybridized carbons (Fsp3) is 0.231. The van der Waals surface area contributed by atoms with E-state index in [1.165, 1.54) is 5.56 Å². The van der Waals surface area contributed by atoms with Crippen molar-refractivity contribution >= 4 is 45.7 Å². The summed E-state index contributed by atoms with van der Waals surface area (Å²) >= 11 is 7.92. The highest BCUT2D eigenvalue weighted by atomic mass is 127. The molecule has 0 aliphatic carbocycles. The van der Waals surface area contributed by atoms with Crippen LogP contribution in [0.5, 0.6) is 0 Å². The van der Waals surface area contributed by atoms with E-state index < -0.39 is 0 Å². The summed E-state index contributed by atoms with van der Waals surface area (Å²) in [6, 6.07) is 8.32. The van der Waals surface area contributed by atoms with Crippen LogP contribution in [-0.4, -0.2) is 15.8 Å². The molecule has 3 nitrogen and oxygen atoms in total. The van der Waals surface area contributed by atoms with Gasteiger partial charge in [0, 0.05) is 17.8 Å². The van der Waals surface area contributed by atoms with Gasteiger partial charge < -0.3 is 5.32 Å². The molecule has 0 atom stereocenters. The maximum absolute atomic E-state index is 5.71. The minimum Gasteiger partial charge on any atom is -0.339 e. The molecule has 1 heterocycles. The second kappa shape index (κ2) is 6.89. The first-order valence-corrected chi connectivity index (χ1v) is 7.28. The molecule has 1 aromatic heterocycles. The van der Waals surface area contributed by atoms with Gasteiger partial charge >= 0.3 is 0 Å². The molecule has 0 spiro atoms. The minimum absolute atomic E-state index is 0.696. The van der Waals surface area contributed by atoms with Gasteiger partial charge in [-0.15, -0.1) is 11.6 Å². The van der Waals surface area contributed by atoms with E-state index in [2.05, 4.69) is 50.0 Å². The van der Waals surface area contributed by atoms with Gasteiger partial charge in [0.2, 0.25) is 0 Å². The number of nitrogens with zero attached hydrogens (tertiary/aromatic N) is 2. The Morgan fingerprint density at radius 1 is 1.33 bits per heavy atom. The van der Waals surface area contributed by atoms with E-state index in [1.54, 1.807) is 12.5 Å². The van der Waals surface area contributed by atoms with Gasteiger partial charge in [-0.2, -0.15) is 0 Å². The lowest BCUT2D eigenvalue weighted by atomic mass is 10.1. The Labute approximate surface area is 125 Å². The summed E-state index contributed by atoms with van der Waals surface area (Å²) in [7, 11) is 0. The molecule has 18 heavy (non-hydrogen) atoms. The minimum atomic E-state index is 0.696. The van der Waals surface area contributed by atoms with Crippen molar-refractivity contribution < 1.29 is 0 Å². The van der Waals surface area contributed by atoms with E-state index in [-0.39, 0.29) is 0 Å². The summed E-state index contributed by atoms with van der Waals surface area (Å²) in [5.74, 6) is 1.53. The monoisotopic (exact) mass is 373 g/mol. The summed E-state index contributed by atoms with van der Waals surface area (Å²) in [6.45, 7) is 0. The molecule has 1 N–H and O–H groups in total. The Balaban J connectivity index is 2.12. The van der Waals surface area contributed by atoms with Gasteiger partial charge in [-0.25, -0.2) is 9.97 Å². The second-order valence-corrected chi connectivity index (χ2v) is 5.38. The molecule has 0 fully saturated rings. The summed E-state index contributed by atoms with van der Waals surface area (Å²) in [5, 5.41) is 3.30. The smallest absolute Gasteiger partial charge is 0.147 e. The molecule has 0 saturated carbocycles. The molecule has 0 amide bonds. The average Bonchev–Trinajstić information content (AvgIpc) is 2.40. The Bertz CT molecular complexity index is 519. The number of alkyl halides is 1. The molecular weight excluding hydrogens is 361 g/mol. The van der Waals surface area contributed by atoms with Crippen LogP contribution in [0.15, 0.2) is 36.8 Å². The SMILES string of the molecule is ClCCCc1cccc(Nc2ncncc2I)c1. The number of benzene rings is 1. The Hall–Kier alpha value is -0.880. The summed E-state index contributed by atoms with van der Waals surface area (Å²) in [6.07, 6.45) is 5.32. The van der Waals surface area contributed by atoms with Crippen LogP contribution in [0.25, 0.3) is 0 Å². The fourth-order valence-electron chi connectivity index (χ4n) is 1.62. The van der Waals surface area contributed by atoms with Crippen molar-refractivity contribution in [2.45, 2.75) is 12.8 Å². The molecule has 0 bridgehead atoms. The maximum Gasteiger partial charge on any atom is 0.147 e. The molecule has 5 heteroatoms. The van der Waals surface area contributed by atoms with Crippen LogP contribution < -0.4 is 5.32 Å². The lowest BCUT2D eigenvalue weighted by Crippen LogP contribution is -1.97. The molecule has 0 radical (unpaired) electrons. The van der Waals surface area contributed by atoms with Gasteiger partial charge in [0.1, 0.15) is 12.1 Å². The first kappa shape index (κ1) is 13.5. The van der Waals surface area contributed by atoms with Crippen LogP contribution in [0, 0.1) is 3.57 Å². The third-order valence-corrected chi connectivity index (χ3v) is 3.51. The van der Waals surface area contributed by atoms with Crippen molar-refractivity contribution in [3.05, 3.63) is 45.9 Å². The van der Waals surface area contributed by atoms with E-state index >= 15 is 0 Å². The predicted molar refractivity (Wildman–Crippen MR) is 83.5 cm³/mol. The van der Waals surface area contributed by atoms with Gasteiger partial charge in [0.25, 0.3) is 0 Å². The van der Waals surface area contributed by atoms with Crippen molar-refractivity contribution in [2.24, 2.45) is 0 Å². The van der Waals surface area contributed by atoms with E-state index in [1.807, 2.05) is 12.1 Å². The van der Waals surface area contributed by atoms with Crippen molar-refractivity contribution in [3.8, 4) is 0 Å². The largest absolute Gasteiger partial charge is 0.339 e. The van der Waals surface area contributed by atoms with Gasteiger partial charge in [0.05, 0.1) is 3.57 Å². The third-order valence-electron chi connectivity index (χ3n) is 2.46. The van der Waals surface area contributed by atoms with Crippen LogP contribution in [0.4, 0.5) is 11.5 Å². The zero-order valence-corrected chi connectivity index (χ0v) is 12.6. The number of aryl methyl sites for hydroxylation is 1. The zero-order chi connectivity index (χ0) is 12.8. The van der Waals surface area contributed by atoms with Crippen molar-refractivity contribution in [1.29, 1.82) is 0 Å². The van der Waals surface area contributed by atoms with Crippen molar-refractivity contribution in [1.82, 2.24) is 9.97 Å². The van der Waals surface area contributed by atoms with E-state index in [0.717, 1.165) is 27.9 Å². The van der Waals surface area contributed by atoms with Crippen LogP contribution in [-0.2, 0) is 6.42 Å². The lowest BCUT2D eigenvalue weighted by Gasteiger charge is -2.08. The van der Waals surface area contributed by atoms with E-state index in [0.29, 0.717) is 5.88 Å². The normalized spacial score (nSPS) is 10.3. The number of hydrogen-bond acceptors (Lipinski definition) is 3. The van der Waals surface area contributed by atoms with Gasteiger partial charge in [-0.1, -0.05) is 12.1 Å². The van der Waals surface area contributed by atoms with Crippen molar-refractivity contribution in [2.75, 3.05) is 11.2 Å². The highest BCUT2D eigenvalue weighted by molar-refractivity contribution is 14.1. The molecule has 0 aliphatic heterocycles. The van der Waals surface area contributed by atoms with Crippen LogP contribution >= 0.6 is 34.2 Å². The molecule has 0 aliphatic rings. The van der Waals surface area contributed by atoms with Gasteiger partial charge in [-0.05, 0) is 53.1 Å². The zero-order valence-electron chi connectivity index (χ0n) is 9.74. The highest BCUT2D eigenvalue weighted by Gasteiger charge is 2.02. The van der Waals surface area contributed by atoms with Crippen LogP contribution in [0.1, 0.15) is 12.0 Å². The van der Waals surface area contributed by atoms with Gasteiger partial charge in [-0.3, -0.25) is 0 Å². The summed E-state index contributed by atoms with van der Waals surface area (Å²) < 4.78 is 1.00. The molecule has 0 saturated heterocycles. The number of anilines is 2. The van der Waals surface area contributed by atoms with Crippen molar-refractivity contribution in [3.63, 3.8) is 0 Å². The molecule has 1 aromatic carbocycles. The topological polar surface area (TPSA) is 37.8 Å². The number of hydrogen-bond donors (Lipinski definition) is 1. The Morgan fingerprint density at radius 3 is 3.00 bits per heavy atom. The molecule has 2 rings (SSSR count). The standard InChI is InChI=1S/C13H13ClIN3/c14-6-2-4-10-3-1-5-11(7-10)18-13-12(15)8-16-9-17-13/h1,3,5,7-9H,2,4,6H2,(H,16,17,18). The van der Waals surface area contributed by atoms with E-state index in [4.69, 9.17) is 11.6 Å². The number of aromatic nitrogens is 2. The first-order valence-electron chi connectivity index (χ1n) is 5.67. The fourth-order valence-corrected chi connectivity index (χ4v) is 2.19. The maximum atomic E-state index is 5.71. The third kappa shape index (κ3) is 3.81. The van der Waals surface area contributed by atoms with Crippen LogP contribution in [0.3, 0.4) is 0 Å². The number of rotatable bonds is 5. The molecule has 0 unspecified atom stereocenters. The number of halogens is 2. The second-order valence-electron chi connectivity index (χ2n) is 3.84. The molecule has 2 aromatic rings. The Morgan fingerprint density at radius 2 is 2.22 bits per heavy atom.